The lowest BCUT2D eigenvalue weighted by Crippen LogP contribution is -2.13. The summed E-state index contributed by atoms with van der Waals surface area (Å²) in [6.07, 6.45) is 3.24. The topological polar surface area (TPSA) is 45.8 Å². The number of aromatic amines is 1. The Morgan fingerprint density at radius 2 is 2.07 bits per heavy atom. The summed E-state index contributed by atoms with van der Waals surface area (Å²) in [5.74, 6) is 1.49. The van der Waals surface area contributed by atoms with Gasteiger partial charge in [-0.1, -0.05) is 61.2 Å². The van der Waals surface area contributed by atoms with Gasteiger partial charge in [-0.15, -0.1) is 11.3 Å². The number of rotatable bonds is 3. The lowest BCUT2D eigenvalue weighted by atomic mass is 9.89. The van der Waals surface area contributed by atoms with Crippen molar-refractivity contribution in [2.45, 2.75) is 37.1 Å². The number of thiophene rings is 1. The number of thioether (sulfide) groups is 1. The van der Waals surface area contributed by atoms with E-state index in [1.165, 1.54) is 26.8 Å². The lowest BCUT2D eigenvalue weighted by molar-refractivity contribution is 0.509. The van der Waals surface area contributed by atoms with Crippen LogP contribution < -0.4 is 5.56 Å². The minimum atomic E-state index is 0.0208. The molecule has 4 aromatic rings. The molecule has 0 saturated carbocycles. The maximum atomic E-state index is 12.7. The third-order valence-corrected chi connectivity index (χ3v) is 7.46. The van der Waals surface area contributed by atoms with E-state index in [4.69, 9.17) is 4.98 Å². The van der Waals surface area contributed by atoms with E-state index in [1.54, 1.807) is 23.1 Å². The van der Waals surface area contributed by atoms with Crippen LogP contribution in [0.15, 0.2) is 52.4 Å². The van der Waals surface area contributed by atoms with Crippen molar-refractivity contribution >= 4 is 44.1 Å². The fourth-order valence-corrected chi connectivity index (χ4v) is 6.27. The second-order valence-electron chi connectivity index (χ2n) is 7.33. The largest absolute Gasteiger partial charge is 0.301 e. The van der Waals surface area contributed by atoms with Gasteiger partial charge in [0.25, 0.3) is 5.56 Å². The molecule has 2 aromatic heterocycles. The second kappa shape index (κ2) is 6.80. The van der Waals surface area contributed by atoms with Gasteiger partial charge in [-0.2, -0.15) is 0 Å². The van der Waals surface area contributed by atoms with Gasteiger partial charge in [0.2, 0.25) is 0 Å². The summed E-state index contributed by atoms with van der Waals surface area (Å²) in [7, 11) is 0. The van der Waals surface area contributed by atoms with Gasteiger partial charge in [-0.3, -0.25) is 4.79 Å². The molecule has 5 rings (SSSR count). The average molecular weight is 393 g/mol. The molecule has 3 nitrogen and oxygen atoms in total. The molecule has 0 fully saturated rings. The van der Waals surface area contributed by atoms with Crippen LogP contribution in [0, 0.1) is 5.92 Å². The predicted octanol–water partition coefficient (Wildman–Crippen LogP) is 5.55. The van der Waals surface area contributed by atoms with Crippen LogP contribution in [0.4, 0.5) is 0 Å². The quantitative estimate of drug-likeness (QED) is 0.367. The van der Waals surface area contributed by atoms with Crippen LogP contribution in [0.5, 0.6) is 0 Å². The van der Waals surface area contributed by atoms with E-state index >= 15 is 0 Å². The Kier molecular flexibility index (Phi) is 4.29. The highest BCUT2D eigenvalue weighted by molar-refractivity contribution is 7.98. The van der Waals surface area contributed by atoms with Crippen molar-refractivity contribution in [2.75, 3.05) is 0 Å². The van der Waals surface area contributed by atoms with Gasteiger partial charge in [0.05, 0.1) is 5.39 Å². The van der Waals surface area contributed by atoms with Crippen LogP contribution in [0.25, 0.3) is 21.0 Å². The van der Waals surface area contributed by atoms with Crippen molar-refractivity contribution in [2.24, 2.45) is 5.92 Å². The zero-order valence-electron chi connectivity index (χ0n) is 15.1. The number of hydrogen-bond acceptors (Lipinski definition) is 4. The Labute approximate surface area is 165 Å². The zero-order valence-corrected chi connectivity index (χ0v) is 16.8. The van der Waals surface area contributed by atoms with Crippen molar-refractivity contribution < 1.29 is 0 Å². The molecule has 0 bridgehead atoms. The van der Waals surface area contributed by atoms with Gasteiger partial charge >= 0.3 is 0 Å². The number of H-pyrrole nitrogens is 1. The lowest BCUT2D eigenvalue weighted by Gasteiger charge is -2.17. The zero-order chi connectivity index (χ0) is 18.4. The number of nitrogens with zero attached hydrogens (tertiary/aromatic N) is 1. The van der Waals surface area contributed by atoms with Gasteiger partial charge < -0.3 is 4.98 Å². The summed E-state index contributed by atoms with van der Waals surface area (Å²) >= 11 is 3.32. The first kappa shape index (κ1) is 17.0. The predicted molar refractivity (Wildman–Crippen MR) is 115 cm³/mol. The van der Waals surface area contributed by atoms with Gasteiger partial charge in [0.1, 0.15) is 4.83 Å². The fraction of sp³-hybridized carbons (Fsp3) is 0.273. The van der Waals surface area contributed by atoms with E-state index < -0.39 is 0 Å². The second-order valence-corrected chi connectivity index (χ2v) is 9.38. The molecule has 27 heavy (non-hydrogen) atoms. The number of aryl methyl sites for hydroxylation is 1. The van der Waals surface area contributed by atoms with Gasteiger partial charge in [-0.25, -0.2) is 4.98 Å². The highest BCUT2D eigenvalue weighted by atomic mass is 32.2. The van der Waals surface area contributed by atoms with Crippen molar-refractivity contribution in [3.8, 4) is 0 Å². The highest BCUT2D eigenvalue weighted by Crippen LogP contribution is 2.36. The molecule has 5 heteroatoms. The number of nitrogens with one attached hydrogen (secondary N) is 1. The summed E-state index contributed by atoms with van der Waals surface area (Å²) in [5.41, 5.74) is 2.53. The average Bonchev–Trinajstić information content (AvgIpc) is 3.04. The normalized spacial score (nSPS) is 16.7. The Hall–Kier alpha value is -2.11. The Balaban J connectivity index is 1.48. The number of hydrogen-bond donors (Lipinski definition) is 1. The SMILES string of the molecule is CC1CCc2c(sc3nc(SCc4cccc5ccccc45)[nH]c(=O)c23)C1. The maximum Gasteiger partial charge on any atom is 0.260 e. The van der Waals surface area contributed by atoms with Crippen LogP contribution in [0.2, 0.25) is 0 Å². The van der Waals surface area contributed by atoms with Crippen LogP contribution in [-0.2, 0) is 18.6 Å². The molecule has 2 aromatic carbocycles. The summed E-state index contributed by atoms with van der Waals surface area (Å²) in [4.78, 5) is 22.8. The first-order chi connectivity index (χ1) is 13.2. The van der Waals surface area contributed by atoms with Crippen LogP contribution in [0.3, 0.4) is 0 Å². The molecule has 0 amide bonds. The third-order valence-electron chi connectivity index (χ3n) is 5.39. The van der Waals surface area contributed by atoms with E-state index in [1.807, 2.05) is 0 Å². The summed E-state index contributed by atoms with van der Waals surface area (Å²) in [6, 6.07) is 14.8. The van der Waals surface area contributed by atoms with Gasteiger partial charge in [0.15, 0.2) is 5.16 Å². The molecular formula is C22H20N2OS2. The monoisotopic (exact) mass is 392 g/mol. The van der Waals surface area contributed by atoms with Gasteiger partial charge in [0, 0.05) is 10.6 Å². The number of fused-ring (bicyclic) bond motifs is 4. The fourth-order valence-electron chi connectivity index (χ4n) is 3.96. The summed E-state index contributed by atoms with van der Waals surface area (Å²) < 4.78 is 0. The molecule has 1 aliphatic rings. The first-order valence-electron chi connectivity index (χ1n) is 9.33. The van der Waals surface area contributed by atoms with E-state index in [0.717, 1.165) is 35.2 Å². The molecule has 0 spiro atoms. The molecule has 0 saturated heterocycles. The molecule has 1 N–H and O–H groups in total. The van der Waals surface area contributed by atoms with E-state index in [-0.39, 0.29) is 5.56 Å². The summed E-state index contributed by atoms with van der Waals surface area (Å²) in [6.45, 7) is 2.29. The number of aromatic nitrogens is 2. The van der Waals surface area contributed by atoms with Crippen molar-refractivity contribution in [1.82, 2.24) is 9.97 Å². The molecule has 1 atom stereocenters. The minimum Gasteiger partial charge on any atom is -0.301 e. The smallest absolute Gasteiger partial charge is 0.260 e. The molecule has 0 aliphatic heterocycles. The van der Waals surface area contributed by atoms with Gasteiger partial charge in [-0.05, 0) is 47.1 Å². The first-order valence-corrected chi connectivity index (χ1v) is 11.1. The van der Waals surface area contributed by atoms with Crippen molar-refractivity contribution in [1.29, 1.82) is 0 Å². The Bertz CT molecular complexity index is 1200. The highest BCUT2D eigenvalue weighted by Gasteiger charge is 2.23. The van der Waals surface area contributed by atoms with E-state index in [0.29, 0.717) is 11.1 Å². The molecule has 136 valence electrons. The minimum absolute atomic E-state index is 0.0208. The van der Waals surface area contributed by atoms with Crippen LogP contribution in [-0.4, -0.2) is 9.97 Å². The Morgan fingerprint density at radius 3 is 3.00 bits per heavy atom. The molecule has 1 aliphatic carbocycles. The van der Waals surface area contributed by atoms with Crippen LogP contribution >= 0.6 is 23.1 Å². The number of benzene rings is 2. The molecule has 1 unspecified atom stereocenters. The Morgan fingerprint density at radius 1 is 1.22 bits per heavy atom. The van der Waals surface area contributed by atoms with Crippen molar-refractivity contribution in [3.05, 3.63) is 68.8 Å². The molecule has 2 heterocycles. The van der Waals surface area contributed by atoms with Crippen LogP contribution in [0.1, 0.15) is 29.3 Å². The standard InChI is InChI=1S/C22H20N2OS2/c1-13-9-10-17-18(11-13)27-21-19(17)20(25)23-22(24-21)26-12-15-7-4-6-14-5-2-3-8-16(14)15/h2-8,13H,9-12H2,1H3,(H,23,24,25). The molecular weight excluding hydrogens is 372 g/mol. The van der Waals surface area contributed by atoms with Crippen molar-refractivity contribution in [3.63, 3.8) is 0 Å². The molecule has 0 radical (unpaired) electrons. The maximum absolute atomic E-state index is 12.7. The third kappa shape index (κ3) is 3.09. The van der Waals surface area contributed by atoms with E-state index in [9.17, 15) is 4.79 Å². The van der Waals surface area contributed by atoms with E-state index in [2.05, 4.69) is 54.4 Å². The summed E-state index contributed by atoms with van der Waals surface area (Å²) in [5, 5.41) is 4.05.